The summed E-state index contributed by atoms with van der Waals surface area (Å²) < 4.78 is 5.35. The molecule has 0 aliphatic carbocycles. The van der Waals surface area contributed by atoms with Crippen LogP contribution in [0.15, 0.2) is 24.3 Å². The van der Waals surface area contributed by atoms with E-state index in [1.54, 1.807) is 7.11 Å². The van der Waals surface area contributed by atoms with Crippen molar-refractivity contribution in [1.29, 1.82) is 0 Å². The highest BCUT2D eigenvalue weighted by Gasteiger charge is 2.30. The number of carbonyl (C=O) groups is 1. The standard InChI is InChI=1S/C20H32N2O2/c1-15(2)14-21-11-9-17(10-12-21)22(20(23)16(3)4)18-7-6-8-19(13-18)24-5/h6-8,13,15-17H,9-12,14H2,1-5H3. The zero-order chi connectivity index (χ0) is 17.7. The minimum atomic E-state index is -0.00936. The van der Waals surface area contributed by atoms with E-state index in [1.165, 1.54) is 0 Å². The van der Waals surface area contributed by atoms with Gasteiger partial charge in [0.05, 0.1) is 7.11 Å². The fourth-order valence-corrected chi connectivity index (χ4v) is 3.43. The summed E-state index contributed by atoms with van der Waals surface area (Å²) in [4.78, 5) is 17.4. The van der Waals surface area contributed by atoms with Gasteiger partial charge in [-0.1, -0.05) is 33.8 Å². The second-order valence-electron chi connectivity index (χ2n) is 7.49. The Morgan fingerprint density at radius 2 is 1.92 bits per heavy atom. The summed E-state index contributed by atoms with van der Waals surface area (Å²) in [5.74, 6) is 1.68. The van der Waals surface area contributed by atoms with Gasteiger partial charge in [-0.2, -0.15) is 0 Å². The predicted octanol–water partition coefficient (Wildman–Crippen LogP) is 3.80. The fraction of sp³-hybridized carbons (Fsp3) is 0.650. The summed E-state index contributed by atoms with van der Waals surface area (Å²) in [7, 11) is 1.66. The highest BCUT2D eigenvalue weighted by Crippen LogP contribution is 2.28. The first-order valence-corrected chi connectivity index (χ1v) is 9.11. The molecule has 0 bridgehead atoms. The minimum absolute atomic E-state index is 0.00936. The number of hydrogen-bond acceptors (Lipinski definition) is 3. The number of likely N-dealkylation sites (tertiary alicyclic amines) is 1. The summed E-state index contributed by atoms with van der Waals surface area (Å²) in [5.41, 5.74) is 0.954. The first-order valence-electron chi connectivity index (χ1n) is 9.11. The maximum Gasteiger partial charge on any atom is 0.229 e. The average molecular weight is 332 g/mol. The van der Waals surface area contributed by atoms with Crippen molar-refractivity contribution < 1.29 is 9.53 Å². The third kappa shape index (κ3) is 4.73. The third-order valence-corrected chi connectivity index (χ3v) is 4.61. The quantitative estimate of drug-likeness (QED) is 0.794. The predicted molar refractivity (Wildman–Crippen MR) is 99.6 cm³/mol. The molecule has 1 saturated heterocycles. The van der Waals surface area contributed by atoms with Crippen LogP contribution < -0.4 is 9.64 Å². The zero-order valence-electron chi connectivity index (χ0n) is 15.8. The molecule has 134 valence electrons. The highest BCUT2D eigenvalue weighted by molar-refractivity contribution is 5.95. The molecule has 0 saturated carbocycles. The molecule has 1 amide bonds. The molecule has 1 aromatic rings. The van der Waals surface area contributed by atoms with Crippen LogP contribution in [-0.2, 0) is 4.79 Å². The Kier molecular flexibility index (Phi) is 6.67. The summed E-state index contributed by atoms with van der Waals surface area (Å²) in [6, 6.07) is 8.15. The van der Waals surface area contributed by atoms with E-state index in [0.29, 0.717) is 5.92 Å². The molecule has 0 aromatic heterocycles. The molecular formula is C20H32N2O2. The first-order chi connectivity index (χ1) is 11.4. The average Bonchev–Trinajstić information content (AvgIpc) is 2.56. The molecule has 0 N–H and O–H groups in total. The van der Waals surface area contributed by atoms with Crippen LogP contribution in [0.4, 0.5) is 5.69 Å². The molecule has 0 radical (unpaired) electrons. The number of anilines is 1. The molecule has 4 nitrogen and oxygen atoms in total. The Hall–Kier alpha value is -1.55. The van der Waals surface area contributed by atoms with Crippen molar-refractivity contribution in [1.82, 2.24) is 4.90 Å². The van der Waals surface area contributed by atoms with Crippen LogP contribution in [-0.4, -0.2) is 43.6 Å². The number of benzene rings is 1. The molecule has 1 aliphatic rings. The summed E-state index contributed by atoms with van der Waals surface area (Å²) in [5, 5.41) is 0. The number of hydrogen-bond donors (Lipinski definition) is 0. The van der Waals surface area contributed by atoms with Gasteiger partial charge in [-0.05, 0) is 30.9 Å². The molecule has 0 atom stereocenters. The topological polar surface area (TPSA) is 32.8 Å². The number of piperidine rings is 1. The first kappa shape index (κ1) is 18.8. The summed E-state index contributed by atoms with van der Waals surface area (Å²) >= 11 is 0. The summed E-state index contributed by atoms with van der Waals surface area (Å²) in [6.07, 6.45) is 2.06. The van der Waals surface area contributed by atoms with Gasteiger partial charge in [-0.3, -0.25) is 4.79 Å². The largest absolute Gasteiger partial charge is 0.497 e. The van der Waals surface area contributed by atoms with Gasteiger partial charge in [0.1, 0.15) is 5.75 Å². The van der Waals surface area contributed by atoms with E-state index >= 15 is 0 Å². The van der Waals surface area contributed by atoms with Crippen molar-refractivity contribution in [3.63, 3.8) is 0 Å². The Morgan fingerprint density at radius 1 is 1.25 bits per heavy atom. The van der Waals surface area contributed by atoms with Gasteiger partial charge in [0, 0.05) is 43.3 Å². The molecule has 2 rings (SSSR count). The van der Waals surface area contributed by atoms with E-state index < -0.39 is 0 Å². The maximum absolute atomic E-state index is 12.9. The molecule has 1 heterocycles. The van der Waals surface area contributed by atoms with Gasteiger partial charge in [0.15, 0.2) is 0 Å². The molecule has 24 heavy (non-hydrogen) atoms. The van der Waals surface area contributed by atoms with Gasteiger partial charge in [-0.25, -0.2) is 0 Å². The van der Waals surface area contributed by atoms with Crippen LogP contribution in [0.3, 0.4) is 0 Å². The van der Waals surface area contributed by atoms with Gasteiger partial charge < -0.3 is 14.5 Å². The smallest absolute Gasteiger partial charge is 0.229 e. The number of methoxy groups -OCH3 is 1. The van der Waals surface area contributed by atoms with E-state index in [4.69, 9.17) is 4.74 Å². The Morgan fingerprint density at radius 3 is 2.46 bits per heavy atom. The van der Waals surface area contributed by atoms with Gasteiger partial charge in [0.2, 0.25) is 5.91 Å². The molecule has 1 aliphatic heterocycles. The monoisotopic (exact) mass is 332 g/mol. The lowest BCUT2D eigenvalue weighted by molar-refractivity contribution is -0.122. The Balaban J connectivity index is 2.17. The van der Waals surface area contributed by atoms with E-state index in [9.17, 15) is 4.79 Å². The van der Waals surface area contributed by atoms with Gasteiger partial charge >= 0.3 is 0 Å². The Bertz CT molecular complexity index is 534. The minimum Gasteiger partial charge on any atom is -0.497 e. The van der Waals surface area contributed by atoms with Gasteiger partial charge in [-0.15, -0.1) is 0 Å². The van der Waals surface area contributed by atoms with Crippen molar-refractivity contribution in [3.05, 3.63) is 24.3 Å². The fourth-order valence-electron chi connectivity index (χ4n) is 3.43. The van der Waals surface area contributed by atoms with Crippen molar-refractivity contribution >= 4 is 11.6 Å². The summed E-state index contributed by atoms with van der Waals surface area (Å²) in [6.45, 7) is 11.7. The second kappa shape index (κ2) is 8.52. The number of amides is 1. The zero-order valence-corrected chi connectivity index (χ0v) is 15.8. The van der Waals surface area contributed by atoms with Crippen molar-refractivity contribution in [2.24, 2.45) is 11.8 Å². The molecule has 0 unspecified atom stereocenters. The Labute approximate surface area is 146 Å². The van der Waals surface area contributed by atoms with Crippen LogP contribution in [0.5, 0.6) is 5.75 Å². The molecule has 0 spiro atoms. The van der Waals surface area contributed by atoms with E-state index in [-0.39, 0.29) is 17.9 Å². The maximum atomic E-state index is 12.9. The highest BCUT2D eigenvalue weighted by atomic mass is 16.5. The number of rotatable bonds is 6. The SMILES string of the molecule is COc1cccc(N(C(=O)C(C)C)C2CCN(CC(C)C)CC2)c1. The van der Waals surface area contributed by atoms with Crippen LogP contribution in [0.2, 0.25) is 0 Å². The van der Waals surface area contributed by atoms with E-state index in [2.05, 4.69) is 18.7 Å². The van der Waals surface area contributed by atoms with E-state index in [0.717, 1.165) is 43.9 Å². The molecule has 1 aromatic carbocycles. The molecule has 1 fully saturated rings. The normalized spacial score (nSPS) is 16.6. The van der Waals surface area contributed by atoms with E-state index in [1.807, 2.05) is 43.0 Å². The van der Waals surface area contributed by atoms with Crippen LogP contribution in [0.1, 0.15) is 40.5 Å². The lowest BCUT2D eigenvalue weighted by Gasteiger charge is -2.39. The lowest BCUT2D eigenvalue weighted by Crippen LogP contribution is -2.49. The number of nitrogens with zero attached hydrogens (tertiary/aromatic N) is 2. The molecular weight excluding hydrogens is 300 g/mol. The van der Waals surface area contributed by atoms with Crippen molar-refractivity contribution in [3.8, 4) is 5.75 Å². The van der Waals surface area contributed by atoms with Crippen molar-refractivity contribution in [2.75, 3.05) is 31.6 Å². The number of carbonyl (C=O) groups excluding carboxylic acids is 1. The third-order valence-electron chi connectivity index (χ3n) is 4.61. The lowest BCUT2D eigenvalue weighted by atomic mass is 9.99. The number of ether oxygens (including phenoxy) is 1. The van der Waals surface area contributed by atoms with Crippen LogP contribution in [0, 0.1) is 11.8 Å². The molecule has 4 heteroatoms. The second-order valence-corrected chi connectivity index (χ2v) is 7.49. The van der Waals surface area contributed by atoms with Crippen molar-refractivity contribution in [2.45, 2.75) is 46.6 Å². The van der Waals surface area contributed by atoms with Crippen LogP contribution in [0.25, 0.3) is 0 Å². The van der Waals surface area contributed by atoms with Gasteiger partial charge in [0.25, 0.3) is 0 Å². The van der Waals surface area contributed by atoms with Crippen LogP contribution >= 0.6 is 0 Å².